The Labute approximate surface area is 226 Å². The first-order chi connectivity index (χ1) is 18.8. The molecule has 0 bridgehead atoms. The van der Waals surface area contributed by atoms with Crippen molar-refractivity contribution in [2.75, 3.05) is 24.1 Å². The predicted molar refractivity (Wildman–Crippen MR) is 146 cm³/mol. The van der Waals surface area contributed by atoms with Gasteiger partial charge in [-0.25, -0.2) is 12.8 Å². The van der Waals surface area contributed by atoms with Crippen LogP contribution in [0.3, 0.4) is 0 Å². The van der Waals surface area contributed by atoms with Gasteiger partial charge in [-0.05, 0) is 48.4 Å². The largest absolute Gasteiger partial charge is 0.486 e. The predicted octanol–water partition coefficient (Wildman–Crippen LogP) is 5.01. The molecule has 4 aromatic carbocycles. The van der Waals surface area contributed by atoms with Crippen LogP contribution in [0, 0.1) is 12.7 Å². The molecule has 1 N–H and O–H groups in total. The van der Waals surface area contributed by atoms with Crippen molar-refractivity contribution in [2.45, 2.75) is 17.9 Å². The van der Waals surface area contributed by atoms with E-state index in [1.807, 2.05) is 61.5 Å². The number of hydrogen-bond donors (Lipinski definition) is 1. The summed E-state index contributed by atoms with van der Waals surface area (Å²) >= 11 is 0. The zero-order valence-corrected chi connectivity index (χ0v) is 22.0. The number of halogens is 1. The number of rotatable bonds is 8. The molecule has 0 saturated carbocycles. The number of sulfonamides is 1. The molecule has 1 heterocycles. The smallest absolute Gasteiger partial charge is 0.264 e. The second kappa shape index (κ2) is 11.2. The minimum Gasteiger partial charge on any atom is -0.486 e. The Bertz CT molecular complexity index is 1580. The molecule has 0 fully saturated rings. The lowest BCUT2D eigenvalue weighted by molar-refractivity contribution is -0.120. The lowest BCUT2D eigenvalue weighted by Crippen LogP contribution is -2.42. The summed E-state index contributed by atoms with van der Waals surface area (Å²) in [6.07, 6.45) is 0. The second-order valence-corrected chi connectivity index (χ2v) is 11.0. The number of nitrogens with one attached hydrogen (secondary N) is 1. The van der Waals surface area contributed by atoms with Gasteiger partial charge in [-0.2, -0.15) is 0 Å². The number of nitrogens with zero attached hydrogens (tertiary/aromatic N) is 1. The molecule has 0 aliphatic carbocycles. The molecule has 0 saturated heterocycles. The zero-order chi connectivity index (χ0) is 27.4. The van der Waals surface area contributed by atoms with E-state index in [4.69, 9.17) is 9.47 Å². The molecule has 1 aliphatic rings. The van der Waals surface area contributed by atoms with Gasteiger partial charge in [0.25, 0.3) is 10.0 Å². The van der Waals surface area contributed by atoms with E-state index in [0.29, 0.717) is 12.4 Å². The van der Waals surface area contributed by atoms with Gasteiger partial charge in [-0.15, -0.1) is 0 Å². The molecule has 0 aromatic heterocycles. The van der Waals surface area contributed by atoms with Crippen LogP contribution in [0.4, 0.5) is 10.1 Å². The molecular weight excluding hydrogens is 519 g/mol. The molecule has 1 unspecified atom stereocenters. The van der Waals surface area contributed by atoms with Crippen molar-refractivity contribution < 1.29 is 27.1 Å². The van der Waals surface area contributed by atoms with Gasteiger partial charge in [0.2, 0.25) is 5.91 Å². The van der Waals surface area contributed by atoms with Crippen LogP contribution in [0.25, 0.3) is 0 Å². The molecule has 0 radical (unpaired) electrons. The van der Waals surface area contributed by atoms with Crippen LogP contribution in [0.5, 0.6) is 11.5 Å². The van der Waals surface area contributed by atoms with Crippen LogP contribution < -0.4 is 19.1 Å². The van der Waals surface area contributed by atoms with E-state index < -0.39 is 34.3 Å². The van der Waals surface area contributed by atoms with Gasteiger partial charge in [-0.1, -0.05) is 66.2 Å². The molecule has 1 aliphatic heterocycles. The first-order valence-corrected chi connectivity index (χ1v) is 13.8. The van der Waals surface area contributed by atoms with Gasteiger partial charge in [0.1, 0.15) is 25.6 Å². The Morgan fingerprint density at radius 1 is 0.872 bits per heavy atom. The van der Waals surface area contributed by atoms with E-state index in [-0.39, 0.29) is 22.9 Å². The van der Waals surface area contributed by atoms with Crippen molar-refractivity contribution in [3.8, 4) is 11.5 Å². The highest BCUT2D eigenvalue weighted by Gasteiger charge is 2.30. The minimum absolute atomic E-state index is 0.0200. The van der Waals surface area contributed by atoms with Crippen LogP contribution in [0.1, 0.15) is 22.7 Å². The molecule has 5 rings (SSSR count). The quantitative estimate of drug-likeness (QED) is 0.336. The molecule has 1 atom stereocenters. The van der Waals surface area contributed by atoms with Gasteiger partial charge in [0.15, 0.2) is 11.5 Å². The van der Waals surface area contributed by atoms with Crippen LogP contribution in [0.2, 0.25) is 0 Å². The lowest BCUT2D eigenvalue weighted by Gasteiger charge is -2.27. The molecule has 200 valence electrons. The molecular formula is C30H27FN2O5S. The number of carbonyl (C=O) groups excluding carboxylic acids is 1. The third-order valence-electron chi connectivity index (χ3n) is 6.33. The van der Waals surface area contributed by atoms with Crippen molar-refractivity contribution in [3.05, 3.63) is 120 Å². The molecule has 9 heteroatoms. The van der Waals surface area contributed by atoms with E-state index in [1.54, 1.807) is 0 Å². The van der Waals surface area contributed by atoms with Crippen LogP contribution in [-0.2, 0) is 14.8 Å². The molecule has 39 heavy (non-hydrogen) atoms. The number of hydrogen-bond acceptors (Lipinski definition) is 5. The van der Waals surface area contributed by atoms with Gasteiger partial charge in [0, 0.05) is 6.07 Å². The highest BCUT2D eigenvalue weighted by Crippen LogP contribution is 2.34. The highest BCUT2D eigenvalue weighted by atomic mass is 32.2. The maximum absolute atomic E-state index is 14.2. The Hall–Kier alpha value is -4.37. The molecule has 1 amide bonds. The number of anilines is 1. The third kappa shape index (κ3) is 5.88. The Kier molecular flexibility index (Phi) is 7.51. The first kappa shape index (κ1) is 26.2. The van der Waals surface area contributed by atoms with Crippen molar-refractivity contribution in [3.63, 3.8) is 0 Å². The van der Waals surface area contributed by atoms with E-state index in [9.17, 15) is 17.6 Å². The van der Waals surface area contributed by atoms with Crippen molar-refractivity contribution >= 4 is 21.6 Å². The summed E-state index contributed by atoms with van der Waals surface area (Å²) in [6.45, 7) is 2.04. The monoisotopic (exact) mass is 546 g/mol. The normalized spacial score (nSPS) is 13.4. The molecule has 4 aromatic rings. The van der Waals surface area contributed by atoms with Crippen molar-refractivity contribution in [1.29, 1.82) is 0 Å². The summed E-state index contributed by atoms with van der Waals surface area (Å²) in [5.74, 6) is -0.472. The van der Waals surface area contributed by atoms with E-state index in [2.05, 4.69) is 5.32 Å². The van der Waals surface area contributed by atoms with Gasteiger partial charge >= 0.3 is 0 Å². The van der Waals surface area contributed by atoms with E-state index in [0.717, 1.165) is 27.1 Å². The fourth-order valence-corrected chi connectivity index (χ4v) is 5.79. The van der Waals surface area contributed by atoms with E-state index in [1.165, 1.54) is 36.4 Å². The van der Waals surface area contributed by atoms with E-state index >= 15 is 0 Å². The number of benzene rings is 4. The summed E-state index contributed by atoms with van der Waals surface area (Å²) in [6, 6.07) is 26.0. The highest BCUT2D eigenvalue weighted by molar-refractivity contribution is 7.92. The van der Waals surface area contributed by atoms with Crippen molar-refractivity contribution in [1.82, 2.24) is 5.32 Å². The number of aryl methyl sites for hydroxylation is 1. The molecule has 7 nitrogen and oxygen atoms in total. The number of amides is 1. The van der Waals surface area contributed by atoms with Crippen LogP contribution in [-0.4, -0.2) is 34.1 Å². The van der Waals surface area contributed by atoms with Crippen LogP contribution in [0.15, 0.2) is 102 Å². The van der Waals surface area contributed by atoms with Gasteiger partial charge in [0.05, 0.1) is 16.6 Å². The van der Waals surface area contributed by atoms with Gasteiger partial charge < -0.3 is 14.8 Å². The minimum atomic E-state index is -4.30. The Balaban J connectivity index is 1.49. The second-order valence-electron chi connectivity index (χ2n) is 9.12. The fraction of sp³-hybridized carbons (Fsp3) is 0.167. The standard InChI is InChI=1S/C30H27FN2O5S/c1-21-10-12-23(13-11-21)30(22-6-3-2-4-7-22)32-29(34)20-33(25-9-5-8-24(31)18-25)39(35,36)26-14-15-27-28(19-26)38-17-16-37-27/h2-15,18-19,30H,16-17,20H2,1H3,(H,32,34). The summed E-state index contributed by atoms with van der Waals surface area (Å²) in [4.78, 5) is 13.4. The SMILES string of the molecule is Cc1ccc(C(NC(=O)CN(c2cccc(F)c2)S(=O)(=O)c2ccc3c(c2)OCCO3)c2ccccc2)cc1. The van der Waals surface area contributed by atoms with Crippen LogP contribution >= 0.6 is 0 Å². The maximum Gasteiger partial charge on any atom is 0.264 e. The fourth-order valence-electron chi connectivity index (χ4n) is 4.36. The summed E-state index contributed by atoms with van der Waals surface area (Å²) in [5.41, 5.74) is 2.76. The average Bonchev–Trinajstić information content (AvgIpc) is 2.95. The third-order valence-corrected chi connectivity index (χ3v) is 8.10. The number of carbonyl (C=O) groups is 1. The number of fused-ring (bicyclic) bond motifs is 1. The first-order valence-electron chi connectivity index (χ1n) is 12.4. The average molecular weight is 547 g/mol. The van der Waals surface area contributed by atoms with Crippen molar-refractivity contribution in [2.24, 2.45) is 0 Å². The topological polar surface area (TPSA) is 84.9 Å². The zero-order valence-electron chi connectivity index (χ0n) is 21.2. The number of ether oxygens (including phenoxy) is 2. The Morgan fingerprint density at radius 3 is 2.28 bits per heavy atom. The Morgan fingerprint density at radius 2 is 1.56 bits per heavy atom. The molecule has 0 spiro atoms. The summed E-state index contributed by atoms with van der Waals surface area (Å²) < 4.78 is 53.9. The maximum atomic E-state index is 14.2. The summed E-state index contributed by atoms with van der Waals surface area (Å²) in [5, 5.41) is 2.97. The lowest BCUT2D eigenvalue weighted by atomic mass is 9.98. The van der Waals surface area contributed by atoms with Gasteiger partial charge in [-0.3, -0.25) is 9.10 Å². The summed E-state index contributed by atoms with van der Waals surface area (Å²) in [7, 11) is -4.30.